The van der Waals surface area contributed by atoms with Gasteiger partial charge in [-0.3, -0.25) is 0 Å². The number of nitrogens with two attached hydrogens (primary N) is 1. The van der Waals surface area contributed by atoms with Crippen molar-refractivity contribution in [3.8, 4) is 5.88 Å². The summed E-state index contributed by atoms with van der Waals surface area (Å²) in [6.45, 7) is 4.90. The molecule has 0 amide bonds. The molecule has 0 spiro atoms. The van der Waals surface area contributed by atoms with Crippen molar-refractivity contribution in [3.05, 3.63) is 12.1 Å². The molecule has 0 radical (unpaired) electrons. The second-order valence-electron chi connectivity index (χ2n) is 5.71. The second-order valence-corrected chi connectivity index (χ2v) is 6.75. The van der Waals surface area contributed by atoms with E-state index in [1.807, 2.05) is 23.9 Å². The third-order valence-electron chi connectivity index (χ3n) is 3.36. The van der Waals surface area contributed by atoms with Crippen LogP contribution in [0.2, 0.25) is 0 Å². The number of ether oxygens (including phenoxy) is 1. The highest BCUT2D eigenvalue weighted by atomic mass is 32.2. The van der Waals surface area contributed by atoms with Crippen molar-refractivity contribution in [2.45, 2.75) is 44.6 Å². The van der Waals surface area contributed by atoms with E-state index in [4.69, 9.17) is 10.5 Å². The highest BCUT2D eigenvalue weighted by molar-refractivity contribution is 7.99. The molecule has 0 unspecified atom stereocenters. The zero-order valence-electron chi connectivity index (χ0n) is 11.9. The Labute approximate surface area is 120 Å². The fraction of sp³-hybridized carbons (Fsp3) is 0.667. The zero-order valence-corrected chi connectivity index (χ0v) is 12.7. The van der Waals surface area contributed by atoms with Gasteiger partial charge >= 0.3 is 0 Å². The van der Waals surface area contributed by atoms with Crippen molar-refractivity contribution in [3.63, 3.8) is 0 Å². The van der Waals surface area contributed by atoms with Crippen LogP contribution in [0.3, 0.4) is 0 Å². The molecule has 1 aliphatic rings. The van der Waals surface area contributed by atoms with Gasteiger partial charge in [0.05, 0.1) is 12.3 Å². The van der Waals surface area contributed by atoms with Crippen molar-refractivity contribution in [1.82, 2.24) is 4.98 Å². The standard InChI is InChI=1S/C15H24N2OS/c1-11(2)9-18-15-13(16)7-8-14(17-15)19-10-12-5-3-4-6-12/h7-8,11-12H,3-6,9-10,16H2,1-2H3. The van der Waals surface area contributed by atoms with Gasteiger partial charge in [-0.1, -0.05) is 26.7 Å². The number of aromatic nitrogens is 1. The Morgan fingerprint density at radius 3 is 2.79 bits per heavy atom. The minimum absolute atomic E-state index is 0.482. The maximum atomic E-state index is 5.90. The Hall–Kier alpha value is -0.900. The number of anilines is 1. The molecule has 1 fully saturated rings. The average Bonchev–Trinajstić information content (AvgIpc) is 2.89. The molecule has 1 saturated carbocycles. The highest BCUT2D eigenvalue weighted by Crippen LogP contribution is 2.31. The summed E-state index contributed by atoms with van der Waals surface area (Å²) in [5, 5.41) is 1.03. The number of rotatable bonds is 6. The topological polar surface area (TPSA) is 48.1 Å². The van der Waals surface area contributed by atoms with Gasteiger partial charge in [-0.15, -0.1) is 11.8 Å². The van der Waals surface area contributed by atoms with E-state index in [-0.39, 0.29) is 0 Å². The maximum Gasteiger partial charge on any atom is 0.238 e. The molecule has 4 heteroatoms. The van der Waals surface area contributed by atoms with Gasteiger partial charge < -0.3 is 10.5 Å². The van der Waals surface area contributed by atoms with Crippen molar-refractivity contribution in [2.24, 2.45) is 11.8 Å². The quantitative estimate of drug-likeness (QED) is 0.801. The van der Waals surface area contributed by atoms with E-state index < -0.39 is 0 Å². The Kier molecular flexibility index (Phi) is 5.37. The molecular weight excluding hydrogens is 256 g/mol. The molecule has 1 aliphatic carbocycles. The number of thioether (sulfide) groups is 1. The first kappa shape index (κ1) is 14.5. The summed E-state index contributed by atoms with van der Waals surface area (Å²) < 4.78 is 5.66. The molecule has 0 saturated heterocycles. The summed E-state index contributed by atoms with van der Waals surface area (Å²) >= 11 is 1.83. The Morgan fingerprint density at radius 1 is 1.37 bits per heavy atom. The fourth-order valence-corrected chi connectivity index (χ4v) is 3.31. The van der Waals surface area contributed by atoms with Gasteiger partial charge in [0, 0.05) is 5.75 Å². The summed E-state index contributed by atoms with van der Waals surface area (Å²) in [6.07, 6.45) is 5.53. The van der Waals surface area contributed by atoms with Crippen LogP contribution in [-0.4, -0.2) is 17.3 Å². The first-order valence-corrected chi connectivity index (χ1v) is 8.16. The first-order valence-electron chi connectivity index (χ1n) is 7.17. The lowest BCUT2D eigenvalue weighted by Crippen LogP contribution is -2.08. The molecule has 1 aromatic rings. The fourth-order valence-electron chi connectivity index (χ4n) is 2.26. The van der Waals surface area contributed by atoms with Crippen LogP contribution in [0.4, 0.5) is 5.69 Å². The molecule has 2 N–H and O–H groups in total. The third kappa shape index (κ3) is 4.60. The highest BCUT2D eigenvalue weighted by Gasteiger charge is 2.15. The van der Waals surface area contributed by atoms with Crippen molar-refractivity contribution in [2.75, 3.05) is 18.1 Å². The minimum Gasteiger partial charge on any atom is -0.476 e. The smallest absolute Gasteiger partial charge is 0.238 e. The second kappa shape index (κ2) is 7.04. The molecule has 1 heterocycles. The van der Waals surface area contributed by atoms with Crippen LogP contribution in [0.1, 0.15) is 39.5 Å². The number of hydrogen-bond acceptors (Lipinski definition) is 4. The minimum atomic E-state index is 0.482. The zero-order chi connectivity index (χ0) is 13.7. The van der Waals surface area contributed by atoms with Crippen LogP contribution in [0.25, 0.3) is 0 Å². The Balaban J connectivity index is 1.91. The molecule has 0 aliphatic heterocycles. The van der Waals surface area contributed by atoms with Crippen LogP contribution < -0.4 is 10.5 Å². The number of hydrogen-bond donors (Lipinski definition) is 1. The first-order chi connectivity index (χ1) is 9.15. The van der Waals surface area contributed by atoms with E-state index in [2.05, 4.69) is 18.8 Å². The number of nitrogen functional groups attached to an aromatic ring is 1. The van der Waals surface area contributed by atoms with Crippen LogP contribution >= 0.6 is 11.8 Å². The van der Waals surface area contributed by atoms with Crippen LogP contribution in [0.5, 0.6) is 5.88 Å². The van der Waals surface area contributed by atoms with Gasteiger partial charge in [0.25, 0.3) is 0 Å². The summed E-state index contributed by atoms with van der Waals surface area (Å²) in [7, 11) is 0. The third-order valence-corrected chi connectivity index (χ3v) is 4.52. The van der Waals surface area contributed by atoms with Gasteiger partial charge in [0.2, 0.25) is 5.88 Å². The van der Waals surface area contributed by atoms with E-state index in [0.717, 1.165) is 10.9 Å². The van der Waals surface area contributed by atoms with Crippen molar-refractivity contribution < 1.29 is 4.74 Å². The lowest BCUT2D eigenvalue weighted by molar-refractivity contribution is 0.261. The van der Waals surface area contributed by atoms with Crippen LogP contribution in [-0.2, 0) is 0 Å². The SMILES string of the molecule is CC(C)COc1nc(SCC2CCCC2)ccc1N. The summed E-state index contributed by atoms with van der Waals surface area (Å²) in [6, 6.07) is 3.90. The van der Waals surface area contributed by atoms with Crippen LogP contribution in [0, 0.1) is 11.8 Å². The summed E-state index contributed by atoms with van der Waals surface area (Å²) in [5.41, 5.74) is 6.53. The monoisotopic (exact) mass is 280 g/mol. The molecular formula is C15H24N2OS. The molecule has 0 bridgehead atoms. The van der Waals surface area contributed by atoms with E-state index in [0.29, 0.717) is 24.1 Å². The molecule has 19 heavy (non-hydrogen) atoms. The summed E-state index contributed by atoms with van der Waals surface area (Å²) in [5.74, 6) is 3.10. The Bertz CT molecular complexity index is 403. The van der Waals surface area contributed by atoms with E-state index >= 15 is 0 Å². The predicted molar refractivity (Wildman–Crippen MR) is 81.7 cm³/mol. The van der Waals surface area contributed by atoms with E-state index in [9.17, 15) is 0 Å². The van der Waals surface area contributed by atoms with Crippen molar-refractivity contribution >= 4 is 17.4 Å². The molecule has 106 valence electrons. The van der Waals surface area contributed by atoms with Gasteiger partial charge in [0.15, 0.2) is 0 Å². The van der Waals surface area contributed by atoms with E-state index in [1.165, 1.54) is 31.4 Å². The average molecular weight is 280 g/mol. The van der Waals surface area contributed by atoms with Gasteiger partial charge in [-0.25, -0.2) is 4.98 Å². The molecule has 1 aromatic heterocycles. The largest absolute Gasteiger partial charge is 0.476 e. The number of pyridine rings is 1. The lowest BCUT2D eigenvalue weighted by Gasteiger charge is -2.12. The normalized spacial score (nSPS) is 16.2. The van der Waals surface area contributed by atoms with Crippen molar-refractivity contribution in [1.29, 1.82) is 0 Å². The van der Waals surface area contributed by atoms with Crippen LogP contribution in [0.15, 0.2) is 17.2 Å². The molecule has 3 nitrogen and oxygen atoms in total. The molecule has 0 atom stereocenters. The predicted octanol–water partition coefficient (Wildman–Crippen LogP) is 3.98. The number of nitrogens with zero attached hydrogens (tertiary/aromatic N) is 1. The summed E-state index contributed by atoms with van der Waals surface area (Å²) in [4.78, 5) is 4.52. The van der Waals surface area contributed by atoms with Gasteiger partial charge in [-0.05, 0) is 36.8 Å². The lowest BCUT2D eigenvalue weighted by atomic mass is 10.1. The van der Waals surface area contributed by atoms with Gasteiger partial charge in [0.1, 0.15) is 5.03 Å². The Morgan fingerprint density at radius 2 is 2.11 bits per heavy atom. The van der Waals surface area contributed by atoms with E-state index in [1.54, 1.807) is 0 Å². The molecule has 0 aromatic carbocycles. The maximum absolute atomic E-state index is 5.90. The molecule has 2 rings (SSSR count). The van der Waals surface area contributed by atoms with Gasteiger partial charge in [-0.2, -0.15) is 0 Å².